The summed E-state index contributed by atoms with van der Waals surface area (Å²) in [6.07, 6.45) is 0. The third kappa shape index (κ3) is 4.95. The first kappa shape index (κ1) is 13.5. The minimum atomic E-state index is -1.76. The van der Waals surface area contributed by atoms with Crippen molar-refractivity contribution in [3.8, 4) is 5.06 Å². The second kappa shape index (κ2) is 6.87. The number of thiophene rings is 1. The molecule has 0 amide bonds. The molecule has 0 aliphatic carbocycles. The maximum Gasteiger partial charge on any atom is 0.708 e. The highest BCUT2D eigenvalue weighted by Gasteiger charge is 2.12. The topological polar surface area (TPSA) is 71.0 Å². The maximum absolute atomic E-state index is 8.61. The fourth-order valence-electron chi connectivity index (χ4n) is 1.20. The number of hydrogen-bond donors (Lipinski definition) is 3. The quantitative estimate of drug-likeness (QED) is 0.599. The smallest absolute Gasteiger partial charge is 0.504 e. The Morgan fingerprint density at radius 2 is 2.25 bits per heavy atom. The Labute approximate surface area is 99.2 Å². The largest absolute Gasteiger partial charge is 0.708 e. The van der Waals surface area contributed by atoms with Crippen LogP contribution in [-0.4, -0.2) is 37.1 Å². The third-order valence-electron chi connectivity index (χ3n) is 1.90. The first-order chi connectivity index (χ1) is 7.61. The zero-order valence-electron chi connectivity index (χ0n) is 9.34. The molecule has 0 bridgehead atoms. The molecule has 0 aromatic carbocycles. The third-order valence-corrected chi connectivity index (χ3v) is 2.88. The molecule has 1 atom stereocenters. The molecule has 16 heavy (non-hydrogen) atoms. The van der Waals surface area contributed by atoms with Crippen molar-refractivity contribution in [1.29, 1.82) is 0 Å². The van der Waals surface area contributed by atoms with Crippen LogP contribution in [0.15, 0.2) is 12.1 Å². The predicted octanol–water partition coefficient (Wildman–Crippen LogP) is 0.221. The van der Waals surface area contributed by atoms with Gasteiger partial charge in [0.25, 0.3) is 0 Å². The summed E-state index contributed by atoms with van der Waals surface area (Å²) in [6.45, 7) is 3.40. The van der Waals surface area contributed by atoms with Gasteiger partial charge in [0.2, 0.25) is 0 Å². The monoisotopic (exact) mass is 245 g/mol. The van der Waals surface area contributed by atoms with Crippen LogP contribution >= 0.6 is 11.3 Å². The molecule has 0 aliphatic heterocycles. The van der Waals surface area contributed by atoms with E-state index in [0.29, 0.717) is 18.2 Å². The van der Waals surface area contributed by atoms with Gasteiger partial charge in [-0.1, -0.05) is 0 Å². The zero-order valence-corrected chi connectivity index (χ0v) is 10.2. The van der Waals surface area contributed by atoms with Crippen LogP contribution in [0.3, 0.4) is 0 Å². The van der Waals surface area contributed by atoms with Gasteiger partial charge in [-0.25, -0.2) is 0 Å². The van der Waals surface area contributed by atoms with Crippen molar-refractivity contribution in [2.45, 2.75) is 19.5 Å². The van der Waals surface area contributed by atoms with E-state index in [1.165, 1.54) is 11.3 Å². The van der Waals surface area contributed by atoms with Gasteiger partial charge in [-0.05, 0) is 19.1 Å². The minimum absolute atomic E-state index is 0.278. The molecule has 0 saturated carbocycles. The van der Waals surface area contributed by atoms with Gasteiger partial charge < -0.3 is 24.8 Å². The Hall–Kier alpha value is -0.595. The highest BCUT2D eigenvalue weighted by Crippen LogP contribution is 2.24. The molecule has 1 heterocycles. The summed E-state index contributed by atoms with van der Waals surface area (Å²) in [6, 6.07) is 3.87. The molecule has 0 radical (unpaired) electrons. The predicted molar refractivity (Wildman–Crippen MR) is 63.3 cm³/mol. The summed E-state index contributed by atoms with van der Waals surface area (Å²) < 4.78 is 9.73. The molecule has 0 saturated heterocycles. The van der Waals surface area contributed by atoms with Crippen molar-refractivity contribution >= 4 is 18.7 Å². The lowest BCUT2D eigenvalue weighted by Gasteiger charge is -2.11. The van der Waals surface area contributed by atoms with Crippen molar-refractivity contribution in [1.82, 2.24) is 5.32 Å². The van der Waals surface area contributed by atoms with Crippen molar-refractivity contribution in [2.24, 2.45) is 0 Å². The highest BCUT2D eigenvalue weighted by molar-refractivity contribution is 7.14. The normalized spacial score (nSPS) is 12.5. The molecule has 3 N–H and O–H groups in total. The van der Waals surface area contributed by atoms with E-state index in [9.17, 15) is 0 Å². The zero-order chi connectivity index (χ0) is 12.0. The van der Waals surface area contributed by atoms with Gasteiger partial charge in [0.15, 0.2) is 5.06 Å². The van der Waals surface area contributed by atoms with Crippen LogP contribution in [0.4, 0.5) is 0 Å². The van der Waals surface area contributed by atoms with Crippen LogP contribution in [0.1, 0.15) is 11.8 Å². The van der Waals surface area contributed by atoms with E-state index in [0.717, 1.165) is 4.88 Å². The van der Waals surface area contributed by atoms with Crippen LogP contribution < -0.4 is 9.97 Å². The summed E-state index contributed by atoms with van der Waals surface area (Å²) >= 11 is 1.38. The van der Waals surface area contributed by atoms with Gasteiger partial charge in [0.1, 0.15) is 0 Å². The van der Waals surface area contributed by atoms with Crippen molar-refractivity contribution in [2.75, 3.05) is 13.7 Å². The maximum atomic E-state index is 8.61. The Morgan fingerprint density at radius 3 is 2.88 bits per heavy atom. The van der Waals surface area contributed by atoms with E-state index in [1.807, 2.05) is 13.0 Å². The van der Waals surface area contributed by atoms with Gasteiger partial charge in [0.05, 0.1) is 6.61 Å². The average molecular weight is 245 g/mol. The Bertz CT molecular complexity index is 307. The summed E-state index contributed by atoms with van der Waals surface area (Å²) in [5, 5.41) is 21.0. The van der Waals surface area contributed by atoms with Gasteiger partial charge in [-0.15, -0.1) is 11.3 Å². The van der Waals surface area contributed by atoms with Gasteiger partial charge in [-0.2, -0.15) is 0 Å². The number of rotatable bonds is 7. The molecule has 1 aromatic rings. The molecule has 7 heteroatoms. The number of hydrogen-bond acceptors (Lipinski definition) is 6. The highest BCUT2D eigenvalue weighted by atomic mass is 32.1. The van der Waals surface area contributed by atoms with Crippen molar-refractivity contribution < 1.29 is 19.4 Å². The first-order valence-corrected chi connectivity index (χ1v) is 5.77. The SMILES string of the molecule is COCC(C)NCc1ccc(OB(O)O)s1. The summed E-state index contributed by atoms with van der Waals surface area (Å²) in [7, 11) is -0.0929. The molecule has 90 valence electrons. The number of methoxy groups -OCH3 is 1. The van der Waals surface area contributed by atoms with Gasteiger partial charge >= 0.3 is 7.32 Å². The van der Waals surface area contributed by atoms with Crippen LogP contribution in [-0.2, 0) is 11.3 Å². The average Bonchev–Trinajstić information content (AvgIpc) is 2.62. The number of ether oxygens (including phenoxy) is 1. The molecule has 0 fully saturated rings. The molecular formula is C9H16BNO4S. The second-order valence-corrected chi connectivity index (χ2v) is 4.53. The standard InChI is InChI=1S/C9H16BNO4S/c1-7(6-14-2)11-5-8-3-4-9(16-8)15-10(12)13/h3-4,7,11-13H,5-6H2,1-2H3. The van der Waals surface area contributed by atoms with E-state index in [4.69, 9.17) is 19.4 Å². The van der Waals surface area contributed by atoms with Crippen molar-refractivity contribution in [3.05, 3.63) is 17.0 Å². The van der Waals surface area contributed by atoms with Crippen LogP contribution in [0.2, 0.25) is 0 Å². The van der Waals surface area contributed by atoms with E-state index in [1.54, 1.807) is 13.2 Å². The van der Waals surface area contributed by atoms with Crippen LogP contribution in [0, 0.1) is 0 Å². The lowest BCUT2D eigenvalue weighted by Crippen LogP contribution is -2.29. The van der Waals surface area contributed by atoms with E-state index in [-0.39, 0.29) is 6.04 Å². The van der Waals surface area contributed by atoms with Crippen LogP contribution in [0.25, 0.3) is 0 Å². The van der Waals surface area contributed by atoms with Crippen LogP contribution in [0.5, 0.6) is 5.06 Å². The molecule has 1 unspecified atom stereocenters. The van der Waals surface area contributed by atoms with E-state index < -0.39 is 7.32 Å². The molecule has 1 aromatic heterocycles. The first-order valence-electron chi connectivity index (χ1n) is 4.95. The summed E-state index contributed by atoms with van der Waals surface area (Å²) in [4.78, 5) is 1.07. The van der Waals surface area contributed by atoms with Gasteiger partial charge in [-0.3, -0.25) is 0 Å². The Balaban J connectivity index is 2.34. The van der Waals surface area contributed by atoms with Gasteiger partial charge in [0, 0.05) is 24.6 Å². The summed E-state index contributed by atoms with van der Waals surface area (Å²) in [5.41, 5.74) is 0. The molecule has 0 aliphatic rings. The fraction of sp³-hybridized carbons (Fsp3) is 0.556. The number of nitrogens with one attached hydrogen (secondary N) is 1. The molecule has 0 spiro atoms. The molecule has 5 nitrogen and oxygen atoms in total. The lowest BCUT2D eigenvalue weighted by atomic mass is 10.3. The van der Waals surface area contributed by atoms with Crippen molar-refractivity contribution in [3.63, 3.8) is 0 Å². The van der Waals surface area contributed by atoms with E-state index in [2.05, 4.69) is 5.32 Å². The minimum Gasteiger partial charge on any atom is -0.504 e. The molecular weight excluding hydrogens is 229 g/mol. The summed E-state index contributed by atoms with van der Waals surface area (Å²) in [5.74, 6) is 0. The second-order valence-electron chi connectivity index (χ2n) is 3.40. The Kier molecular flexibility index (Phi) is 5.79. The Morgan fingerprint density at radius 1 is 1.50 bits per heavy atom. The molecule has 1 rings (SSSR count). The fourth-order valence-corrected chi connectivity index (χ4v) is 2.02. The van der Waals surface area contributed by atoms with E-state index >= 15 is 0 Å². The lowest BCUT2D eigenvalue weighted by molar-refractivity contribution is 0.172.